The van der Waals surface area contributed by atoms with E-state index in [2.05, 4.69) is 17.0 Å². The Kier molecular flexibility index (Phi) is 5.67. The lowest BCUT2D eigenvalue weighted by Gasteiger charge is -2.10. The standard InChI is InChI=1S/C19H14Cl3N3O/c1-2-9-23-19(26)16-11-17(12-3-5-13(20)6-4-12)25(24-16)18-10-14(21)7-8-15(18)22/h2-8,10-11H,1,9H2,(H,23,26). The van der Waals surface area contributed by atoms with Crippen LogP contribution in [0.3, 0.4) is 0 Å². The van der Waals surface area contributed by atoms with Gasteiger partial charge in [0.1, 0.15) is 0 Å². The minimum absolute atomic E-state index is 0.257. The van der Waals surface area contributed by atoms with Gasteiger partial charge in [-0.15, -0.1) is 6.58 Å². The van der Waals surface area contributed by atoms with Crippen molar-refractivity contribution in [1.82, 2.24) is 15.1 Å². The maximum atomic E-state index is 12.3. The number of hydrogen-bond acceptors (Lipinski definition) is 2. The molecule has 26 heavy (non-hydrogen) atoms. The average molecular weight is 407 g/mol. The third-order valence-electron chi connectivity index (χ3n) is 3.63. The first kappa shape index (κ1) is 18.5. The predicted molar refractivity (Wildman–Crippen MR) is 107 cm³/mol. The van der Waals surface area contributed by atoms with Crippen LogP contribution < -0.4 is 5.32 Å². The quantitative estimate of drug-likeness (QED) is 0.575. The molecule has 2 aromatic carbocycles. The third kappa shape index (κ3) is 3.93. The molecule has 0 radical (unpaired) electrons. The molecule has 1 aromatic heterocycles. The molecule has 4 nitrogen and oxygen atoms in total. The van der Waals surface area contributed by atoms with E-state index in [9.17, 15) is 4.79 Å². The molecule has 0 spiro atoms. The van der Waals surface area contributed by atoms with Gasteiger partial charge in [0.15, 0.2) is 5.69 Å². The summed E-state index contributed by atoms with van der Waals surface area (Å²) in [5, 5.41) is 8.74. The molecule has 0 aliphatic carbocycles. The van der Waals surface area contributed by atoms with Gasteiger partial charge in [-0.05, 0) is 36.4 Å². The zero-order valence-corrected chi connectivity index (χ0v) is 15.8. The van der Waals surface area contributed by atoms with Crippen LogP contribution in [-0.4, -0.2) is 22.2 Å². The Labute approximate surface area is 166 Å². The van der Waals surface area contributed by atoms with Gasteiger partial charge in [0.25, 0.3) is 5.91 Å². The molecule has 0 saturated heterocycles. The minimum Gasteiger partial charge on any atom is -0.347 e. The highest BCUT2D eigenvalue weighted by Gasteiger charge is 2.18. The summed E-state index contributed by atoms with van der Waals surface area (Å²) in [6, 6.07) is 14.0. The summed E-state index contributed by atoms with van der Waals surface area (Å²) in [5.41, 5.74) is 2.36. The second-order valence-corrected chi connectivity index (χ2v) is 6.71. The van der Waals surface area contributed by atoms with Crippen molar-refractivity contribution in [2.24, 2.45) is 0 Å². The van der Waals surface area contributed by atoms with E-state index >= 15 is 0 Å². The fraction of sp³-hybridized carbons (Fsp3) is 0.0526. The minimum atomic E-state index is -0.308. The Morgan fingerprint density at radius 3 is 2.46 bits per heavy atom. The topological polar surface area (TPSA) is 46.9 Å². The highest BCUT2D eigenvalue weighted by atomic mass is 35.5. The van der Waals surface area contributed by atoms with Gasteiger partial charge in [-0.2, -0.15) is 5.10 Å². The Morgan fingerprint density at radius 1 is 1.08 bits per heavy atom. The number of nitrogens with one attached hydrogen (secondary N) is 1. The van der Waals surface area contributed by atoms with Crippen LogP contribution in [0.2, 0.25) is 15.1 Å². The fourth-order valence-electron chi connectivity index (χ4n) is 2.41. The molecule has 7 heteroatoms. The summed E-state index contributed by atoms with van der Waals surface area (Å²) >= 11 is 18.4. The number of halogens is 3. The maximum absolute atomic E-state index is 12.3. The van der Waals surface area contributed by atoms with Crippen LogP contribution in [-0.2, 0) is 0 Å². The predicted octanol–water partition coefficient (Wildman–Crippen LogP) is 5.42. The number of benzene rings is 2. The first-order valence-electron chi connectivity index (χ1n) is 7.70. The number of carbonyl (C=O) groups is 1. The second-order valence-electron chi connectivity index (χ2n) is 5.43. The molecule has 1 heterocycles. The number of nitrogens with zero attached hydrogens (tertiary/aromatic N) is 2. The van der Waals surface area contributed by atoms with E-state index in [1.165, 1.54) is 0 Å². The molecule has 132 valence electrons. The lowest BCUT2D eigenvalue weighted by molar-refractivity contribution is 0.0952. The van der Waals surface area contributed by atoms with Crippen LogP contribution in [0.1, 0.15) is 10.5 Å². The van der Waals surface area contributed by atoms with Gasteiger partial charge in [-0.3, -0.25) is 4.79 Å². The van der Waals surface area contributed by atoms with Crippen molar-refractivity contribution < 1.29 is 4.79 Å². The van der Waals surface area contributed by atoms with Gasteiger partial charge < -0.3 is 5.32 Å². The van der Waals surface area contributed by atoms with E-state index in [0.717, 1.165) is 5.56 Å². The number of carbonyl (C=O) groups excluding carboxylic acids is 1. The van der Waals surface area contributed by atoms with E-state index < -0.39 is 0 Å². The summed E-state index contributed by atoms with van der Waals surface area (Å²) < 4.78 is 1.60. The summed E-state index contributed by atoms with van der Waals surface area (Å²) in [6.07, 6.45) is 1.60. The van der Waals surface area contributed by atoms with E-state index in [4.69, 9.17) is 34.8 Å². The molecular formula is C19H14Cl3N3O. The van der Waals surface area contributed by atoms with Crippen molar-refractivity contribution in [2.45, 2.75) is 0 Å². The summed E-state index contributed by atoms with van der Waals surface area (Å²) in [5.74, 6) is -0.308. The zero-order chi connectivity index (χ0) is 18.7. The van der Waals surface area contributed by atoms with Gasteiger partial charge in [-0.1, -0.05) is 53.0 Å². The number of aromatic nitrogens is 2. The fourth-order valence-corrected chi connectivity index (χ4v) is 2.90. The maximum Gasteiger partial charge on any atom is 0.272 e. The van der Waals surface area contributed by atoms with Gasteiger partial charge in [0.05, 0.1) is 16.4 Å². The van der Waals surface area contributed by atoms with E-state index in [1.54, 1.807) is 47.2 Å². The normalized spacial score (nSPS) is 10.6. The molecule has 1 N–H and O–H groups in total. The second kappa shape index (κ2) is 7.96. The monoisotopic (exact) mass is 405 g/mol. The molecule has 0 atom stereocenters. The van der Waals surface area contributed by atoms with Crippen LogP contribution in [0.5, 0.6) is 0 Å². The Morgan fingerprint density at radius 2 is 1.77 bits per heavy atom. The van der Waals surface area contributed by atoms with Gasteiger partial charge in [0.2, 0.25) is 0 Å². The van der Waals surface area contributed by atoms with Crippen molar-refractivity contribution in [2.75, 3.05) is 6.54 Å². The SMILES string of the molecule is C=CCNC(=O)c1cc(-c2ccc(Cl)cc2)n(-c2cc(Cl)ccc2Cl)n1. The molecule has 3 rings (SSSR count). The highest BCUT2D eigenvalue weighted by molar-refractivity contribution is 6.34. The third-order valence-corrected chi connectivity index (χ3v) is 4.43. The molecule has 0 aliphatic heterocycles. The van der Waals surface area contributed by atoms with Gasteiger partial charge >= 0.3 is 0 Å². The highest BCUT2D eigenvalue weighted by Crippen LogP contribution is 2.30. The van der Waals surface area contributed by atoms with Gasteiger partial charge in [0, 0.05) is 22.2 Å². The lowest BCUT2D eigenvalue weighted by Crippen LogP contribution is -2.23. The summed E-state index contributed by atoms with van der Waals surface area (Å²) in [4.78, 5) is 12.3. The molecule has 1 amide bonds. The molecule has 0 fully saturated rings. The van der Waals surface area contributed by atoms with Gasteiger partial charge in [-0.25, -0.2) is 4.68 Å². The van der Waals surface area contributed by atoms with Crippen LogP contribution in [0.25, 0.3) is 16.9 Å². The largest absolute Gasteiger partial charge is 0.347 e. The van der Waals surface area contributed by atoms with Crippen molar-refractivity contribution in [3.63, 3.8) is 0 Å². The number of amides is 1. The molecule has 0 bridgehead atoms. The Bertz CT molecular complexity index is 965. The first-order chi connectivity index (χ1) is 12.5. The number of rotatable bonds is 5. The van der Waals surface area contributed by atoms with E-state index in [0.29, 0.717) is 33.0 Å². The van der Waals surface area contributed by atoms with Crippen molar-refractivity contribution in [1.29, 1.82) is 0 Å². The van der Waals surface area contributed by atoms with E-state index in [1.807, 2.05) is 12.1 Å². The smallest absolute Gasteiger partial charge is 0.272 e. The lowest BCUT2D eigenvalue weighted by atomic mass is 10.1. The van der Waals surface area contributed by atoms with Crippen LogP contribution in [0.4, 0.5) is 0 Å². The number of hydrogen-bond donors (Lipinski definition) is 1. The molecule has 3 aromatic rings. The molecular weight excluding hydrogens is 393 g/mol. The molecule has 0 unspecified atom stereocenters. The Balaban J connectivity index is 2.15. The van der Waals surface area contributed by atoms with Crippen molar-refractivity contribution in [3.05, 3.63) is 81.9 Å². The summed E-state index contributed by atoms with van der Waals surface area (Å²) in [6.45, 7) is 3.94. The average Bonchev–Trinajstić information content (AvgIpc) is 3.07. The van der Waals surface area contributed by atoms with Crippen LogP contribution in [0, 0.1) is 0 Å². The van der Waals surface area contributed by atoms with Crippen LogP contribution >= 0.6 is 34.8 Å². The molecule has 0 saturated carbocycles. The van der Waals surface area contributed by atoms with Crippen molar-refractivity contribution in [3.8, 4) is 16.9 Å². The zero-order valence-electron chi connectivity index (χ0n) is 13.5. The van der Waals surface area contributed by atoms with Crippen molar-refractivity contribution >= 4 is 40.7 Å². The first-order valence-corrected chi connectivity index (χ1v) is 8.83. The van der Waals surface area contributed by atoms with Crippen LogP contribution in [0.15, 0.2) is 61.2 Å². The van der Waals surface area contributed by atoms with E-state index in [-0.39, 0.29) is 11.6 Å². The molecule has 0 aliphatic rings. The Hall–Kier alpha value is -2.27. The summed E-state index contributed by atoms with van der Waals surface area (Å²) in [7, 11) is 0.